The van der Waals surface area contributed by atoms with Gasteiger partial charge in [-0.3, -0.25) is 14.4 Å². The molecule has 3 N–H and O–H groups in total. The molecule has 7 nitrogen and oxygen atoms in total. The van der Waals surface area contributed by atoms with E-state index in [-0.39, 0.29) is 24.3 Å². The number of hydrogen-bond donors (Lipinski definition) is 2. The minimum absolute atomic E-state index is 0.226. The Balaban J connectivity index is 1.51. The Hall–Kier alpha value is -3.42. The number of piperazine rings is 1. The Morgan fingerprint density at radius 3 is 2.35 bits per heavy atom. The zero-order valence-corrected chi connectivity index (χ0v) is 21.9. The number of likely N-dealkylation sites (N-methyl/N-ethyl adjacent to an activating group) is 1. The average molecular weight is 521 g/mol. The summed E-state index contributed by atoms with van der Waals surface area (Å²) in [5, 5.41) is 5.53. The molecule has 1 aliphatic heterocycles. The molecular formula is C29H33ClN4O3. The Kier molecular flexibility index (Phi) is 8.46. The minimum Gasteiger partial charge on any atom is -0.357 e. The van der Waals surface area contributed by atoms with Crippen molar-refractivity contribution in [1.29, 1.82) is 0 Å². The van der Waals surface area contributed by atoms with Crippen LogP contribution in [0.15, 0.2) is 66.7 Å². The highest BCUT2D eigenvalue weighted by molar-refractivity contribution is 6.30. The molecule has 1 saturated heterocycles. The number of nitrogens with zero attached hydrogens (tertiary/aromatic N) is 2. The predicted octanol–water partition coefficient (Wildman–Crippen LogP) is 3.17. The molecule has 194 valence electrons. The van der Waals surface area contributed by atoms with Crippen molar-refractivity contribution < 1.29 is 14.4 Å². The van der Waals surface area contributed by atoms with Crippen molar-refractivity contribution in [3.8, 4) is 0 Å². The number of halogens is 1. The summed E-state index contributed by atoms with van der Waals surface area (Å²) in [7, 11) is 1.58. The predicted molar refractivity (Wildman–Crippen MR) is 146 cm³/mol. The van der Waals surface area contributed by atoms with Crippen molar-refractivity contribution >= 4 is 40.1 Å². The molecule has 1 fully saturated rings. The van der Waals surface area contributed by atoms with Gasteiger partial charge in [-0.05, 0) is 46.9 Å². The minimum atomic E-state index is -0.776. The van der Waals surface area contributed by atoms with E-state index in [1.165, 1.54) is 0 Å². The summed E-state index contributed by atoms with van der Waals surface area (Å²) in [6.45, 7) is 2.46. The molecular weight excluding hydrogens is 488 g/mol. The molecule has 1 aliphatic rings. The molecule has 4 rings (SSSR count). The smallest absolute Gasteiger partial charge is 0.246 e. The van der Waals surface area contributed by atoms with Crippen LogP contribution < -0.4 is 11.1 Å². The number of hydrogen-bond acceptors (Lipinski definition) is 4. The van der Waals surface area contributed by atoms with Crippen molar-refractivity contribution in [2.24, 2.45) is 5.73 Å². The largest absolute Gasteiger partial charge is 0.357 e. The highest BCUT2D eigenvalue weighted by atomic mass is 35.5. The molecule has 0 saturated carbocycles. The van der Waals surface area contributed by atoms with Crippen LogP contribution in [-0.4, -0.2) is 65.8 Å². The van der Waals surface area contributed by atoms with Crippen LogP contribution in [0.4, 0.5) is 0 Å². The third-order valence-corrected chi connectivity index (χ3v) is 7.30. The highest BCUT2D eigenvalue weighted by Crippen LogP contribution is 2.23. The van der Waals surface area contributed by atoms with Gasteiger partial charge in [0.1, 0.15) is 12.1 Å². The van der Waals surface area contributed by atoms with E-state index in [9.17, 15) is 14.4 Å². The lowest BCUT2D eigenvalue weighted by atomic mass is 9.97. The summed E-state index contributed by atoms with van der Waals surface area (Å²) in [6, 6.07) is 19.2. The van der Waals surface area contributed by atoms with Crippen LogP contribution >= 0.6 is 11.6 Å². The van der Waals surface area contributed by atoms with Crippen LogP contribution in [0, 0.1) is 0 Å². The normalized spacial score (nSPS) is 17.5. The van der Waals surface area contributed by atoms with Gasteiger partial charge in [0.05, 0.1) is 6.04 Å². The van der Waals surface area contributed by atoms with E-state index in [4.69, 9.17) is 17.3 Å². The van der Waals surface area contributed by atoms with Crippen LogP contribution in [0.3, 0.4) is 0 Å². The van der Waals surface area contributed by atoms with E-state index in [0.717, 1.165) is 21.9 Å². The standard InChI is InChI=1S/C29H33ClN4O3/c1-3-25-29(37)34(15-14-33(25)28(36)24(31)17-19-9-12-23(30)13-10-19)26(27(35)32-2)18-20-8-11-21-6-4-5-7-22(21)16-20/h4-13,16,24-26H,3,14-15,17-18,31H2,1-2H3,(H,32,35)/t24-,25+,26+/m1/s1. The second-order valence-corrected chi connectivity index (χ2v) is 9.88. The topological polar surface area (TPSA) is 95.7 Å². The first kappa shape index (κ1) is 26.6. The molecule has 8 heteroatoms. The van der Waals surface area contributed by atoms with Crippen molar-refractivity contribution in [3.63, 3.8) is 0 Å². The molecule has 3 amide bonds. The first-order valence-electron chi connectivity index (χ1n) is 12.6. The Bertz CT molecular complexity index is 1280. The van der Waals surface area contributed by atoms with Crippen molar-refractivity contribution in [2.45, 2.75) is 44.3 Å². The van der Waals surface area contributed by atoms with E-state index in [0.29, 0.717) is 30.8 Å². The van der Waals surface area contributed by atoms with Crippen LogP contribution in [0.25, 0.3) is 10.8 Å². The number of amides is 3. The maximum Gasteiger partial charge on any atom is 0.246 e. The van der Waals surface area contributed by atoms with Crippen LogP contribution in [0.2, 0.25) is 5.02 Å². The number of carbonyl (C=O) groups excluding carboxylic acids is 3. The highest BCUT2D eigenvalue weighted by Gasteiger charge is 2.41. The lowest BCUT2D eigenvalue weighted by Gasteiger charge is -2.43. The molecule has 0 aromatic heterocycles. The second kappa shape index (κ2) is 11.8. The van der Waals surface area contributed by atoms with Gasteiger partial charge in [-0.1, -0.05) is 73.1 Å². The van der Waals surface area contributed by atoms with Gasteiger partial charge in [0.25, 0.3) is 0 Å². The van der Waals surface area contributed by atoms with Gasteiger partial charge < -0.3 is 20.9 Å². The quantitative estimate of drug-likeness (QED) is 0.477. The summed E-state index contributed by atoms with van der Waals surface area (Å²) in [6.07, 6.45) is 1.17. The van der Waals surface area contributed by atoms with Gasteiger partial charge in [-0.25, -0.2) is 0 Å². The third kappa shape index (κ3) is 5.95. The van der Waals surface area contributed by atoms with Crippen LogP contribution in [0.5, 0.6) is 0 Å². The van der Waals surface area contributed by atoms with Crippen molar-refractivity contribution in [3.05, 3.63) is 82.9 Å². The number of nitrogens with two attached hydrogens (primary N) is 1. The fourth-order valence-electron chi connectivity index (χ4n) is 5.05. The van der Waals surface area contributed by atoms with Gasteiger partial charge in [-0.2, -0.15) is 0 Å². The Morgan fingerprint density at radius 2 is 1.68 bits per heavy atom. The van der Waals surface area contributed by atoms with Gasteiger partial charge in [-0.15, -0.1) is 0 Å². The van der Waals surface area contributed by atoms with Crippen LogP contribution in [0.1, 0.15) is 24.5 Å². The number of rotatable bonds is 8. The summed E-state index contributed by atoms with van der Waals surface area (Å²) in [5.74, 6) is -0.716. The van der Waals surface area contributed by atoms with E-state index in [1.807, 2.05) is 55.5 Å². The second-order valence-electron chi connectivity index (χ2n) is 9.44. The van der Waals surface area contributed by atoms with Gasteiger partial charge >= 0.3 is 0 Å². The molecule has 3 atom stereocenters. The molecule has 0 radical (unpaired) electrons. The van der Waals surface area contributed by atoms with Gasteiger partial charge in [0, 0.05) is 31.6 Å². The maximum absolute atomic E-state index is 13.7. The molecule has 1 heterocycles. The molecule has 37 heavy (non-hydrogen) atoms. The number of nitrogens with one attached hydrogen (secondary N) is 1. The van der Waals surface area contributed by atoms with Crippen LogP contribution in [-0.2, 0) is 27.2 Å². The summed E-state index contributed by atoms with van der Waals surface area (Å²) in [4.78, 5) is 43.1. The third-order valence-electron chi connectivity index (χ3n) is 7.05. The molecule has 3 aromatic rings. The van der Waals surface area contributed by atoms with Crippen molar-refractivity contribution in [2.75, 3.05) is 20.1 Å². The van der Waals surface area contributed by atoms with E-state index < -0.39 is 18.1 Å². The summed E-state index contributed by atoms with van der Waals surface area (Å²) < 4.78 is 0. The monoisotopic (exact) mass is 520 g/mol. The van der Waals surface area contributed by atoms with Gasteiger partial charge in [0.2, 0.25) is 17.7 Å². The number of carbonyl (C=O) groups is 3. The summed E-state index contributed by atoms with van der Waals surface area (Å²) in [5.41, 5.74) is 8.15. The number of fused-ring (bicyclic) bond motifs is 1. The molecule has 3 aromatic carbocycles. The first-order chi connectivity index (χ1) is 17.8. The Labute approximate surface area is 222 Å². The fraction of sp³-hybridized carbons (Fsp3) is 0.345. The van der Waals surface area contributed by atoms with E-state index in [1.54, 1.807) is 29.0 Å². The van der Waals surface area contributed by atoms with E-state index in [2.05, 4.69) is 11.4 Å². The maximum atomic E-state index is 13.7. The lowest BCUT2D eigenvalue weighted by Crippen LogP contribution is -2.65. The zero-order valence-electron chi connectivity index (χ0n) is 21.2. The lowest BCUT2D eigenvalue weighted by molar-refractivity contribution is -0.156. The average Bonchev–Trinajstić information content (AvgIpc) is 2.92. The zero-order chi connectivity index (χ0) is 26.5. The molecule has 0 spiro atoms. The SMILES string of the molecule is CC[C@H]1C(=O)N([C@@H](Cc2ccc3ccccc3c2)C(=O)NC)CCN1C(=O)[C@H](N)Cc1ccc(Cl)cc1. The van der Waals surface area contributed by atoms with Gasteiger partial charge in [0.15, 0.2) is 0 Å². The van der Waals surface area contributed by atoms with Crippen molar-refractivity contribution in [1.82, 2.24) is 15.1 Å². The molecule has 0 unspecified atom stereocenters. The first-order valence-corrected chi connectivity index (χ1v) is 13.0. The Morgan fingerprint density at radius 1 is 1.00 bits per heavy atom. The molecule has 0 bridgehead atoms. The number of benzene rings is 3. The molecule has 0 aliphatic carbocycles. The fourth-order valence-corrected chi connectivity index (χ4v) is 5.18. The van der Waals surface area contributed by atoms with E-state index >= 15 is 0 Å². The summed E-state index contributed by atoms with van der Waals surface area (Å²) >= 11 is 5.96.